The average molecular weight is 470 g/mol. The third-order valence-corrected chi connectivity index (χ3v) is 6.90. The van der Waals surface area contributed by atoms with Crippen molar-refractivity contribution in [3.8, 4) is 6.07 Å². The predicted molar refractivity (Wildman–Crippen MR) is 131 cm³/mol. The van der Waals surface area contributed by atoms with Gasteiger partial charge in [0.15, 0.2) is 0 Å². The van der Waals surface area contributed by atoms with E-state index in [1.54, 1.807) is 52.6 Å². The second kappa shape index (κ2) is 8.55. The van der Waals surface area contributed by atoms with Gasteiger partial charge in [0.2, 0.25) is 0 Å². The Kier molecular flexibility index (Phi) is 5.52. The number of pyridine rings is 1. The lowest BCUT2D eigenvalue weighted by molar-refractivity contribution is 0.0746. The highest BCUT2D eigenvalue weighted by atomic mass is 16.2. The lowest BCUT2D eigenvalue weighted by atomic mass is 9.92. The van der Waals surface area contributed by atoms with Crippen molar-refractivity contribution in [3.63, 3.8) is 0 Å². The highest BCUT2D eigenvalue weighted by Crippen LogP contribution is 2.42. The van der Waals surface area contributed by atoms with Gasteiger partial charge in [0.25, 0.3) is 11.8 Å². The molecule has 1 fully saturated rings. The van der Waals surface area contributed by atoms with Crippen LogP contribution in [0.25, 0.3) is 0 Å². The standard InChI is InChI=1S/C26H27N7O2/c1-4-32-17-19(14-29-32)24(34)31-9-7-30(8-10-31)20-12-21(16-28-15-20)33-25(35)22-6-5-18(13-27)11-23(22)26(33,2)3/h5-6,11-12,14-17H,4,7-10H2,1-3H3. The summed E-state index contributed by atoms with van der Waals surface area (Å²) in [6, 6.07) is 9.35. The summed E-state index contributed by atoms with van der Waals surface area (Å²) in [6.07, 6.45) is 6.90. The van der Waals surface area contributed by atoms with Gasteiger partial charge in [-0.25, -0.2) is 0 Å². The largest absolute Gasteiger partial charge is 0.367 e. The number of hydrogen-bond donors (Lipinski definition) is 0. The molecule has 9 nitrogen and oxygen atoms in total. The molecule has 0 aliphatic carbocycles. The maximum Gasteiger partial charge on any atom is 0.259 e. The molecule has 0 radical (unpaired) electrons. The number of rotatable bonds is 4. The fourth-order valence-electron chi connectivity index (χ4n) is 4.95. The molecular formula is C26H27N7O2. The van der Waals surface area contributed by atoms with E-state index in [-0.39, 0.29) is 11.8 Å². The lowest BCUT2D eigenvalue weighted by Gasteiger charge is -2.37. The SMILES string of the molecule is CCn1cc(C(=O)N2CCN(c3cncc(N4C(=O)c5ccc(C#N)cc5C4(C)C)c3)CC2)cn1. The van der Waals surface area contributed by atoms with Crippen molar-refractivity contribution in [2.75, 3.05) is 36.0 Å². The van der Waals surface area contributed by atoms with Crippen LogP contribution in [0.2, 0.25) is 0 Å². The average Bonchev–Trinajstić information content (AvgIpc) is 3.44. The maximum absolute atomic E-state index is 13.3. The molecular weight excluding hydrogens is 442 g/mol. The van der Waals surface area contributed by atoms with E-state index >= 15 is 0 Å². The summed E-state index contributed by atoms with van der Waals surface area (Å²) in [5.41, 5.74) is 3.59. The van der Waals surface area contributed by atoms with Crippen LogP contribution in [0.1, 0.15) is 52.6 Å². The number of piperazine rings is 1. The molecule has 2 aliphatic heterocycles. The number of nitriles is 1. The van der Waals surface area contributed by atoms with Gasteiger partial charge in [-0.1, -0.05) is 0 Å². The first-order valence-electron chi connectivity index (χ1n) is 11.7. The minimum atomic E-state index is -0.617. The van der Waals surface area contributed by atoms with Gasteiger partial charge >= 0.3 is 0 Å². The normalized spacial score (nSPS) is 16.9. The summed E-state index contributed by atoms with van der Waals surface area (Å²) < 4.78 is 1.75. The Morgan fingerprint density at radius 1 is 1.09 bits per heavy atom. The Balaban J connectivity index is 1.33. The van der Waals surface area contributed by atoms with Crippen LogP contribution in [0.3, 0.4) is 0 Å². The van der Waals surface area contributed by atoms with Crippen LogP contribution in [-0.2, 0) is 12.1 Å². The summed E-state index contributed by atoms with van der Waals surface area (Å²) in [5, 5.41) is 13.5. The fourth-order valence-corrected chi connectivity index (χ4v) is 4.95. The zero-order valence-electron chi connectivity index (χ0n) is 20.1. The molecule has 0 N–H and O–H groups in total. The molecule has 9 heteroatoms. The van der Waals surface area contributed by atoms with Crippen molar-refractivity contribution in [1.82, 2.24) is 19.7 Å². The fraction of sp³-hybridized carbons (Fsp3) is 0.346. The molecule has 2 amide bonds. The predicted octanol–water partition coefficient (Wildman–Crippen LogP) is 3.03. The topological polar surface area (TPSA) is 98.4 Å². The van der Waals surface area contributed by atoms with E-state index in [2.05, 4.69) is 21.1 Å². The molecule has 35 heavy (non-hydrogen) atoms. The van der Waals surface area contributed by atoms with Crippen molar-refractivity contribution in [2.45, 2.75) is 32.9 Å². The Morgan fingerprint density at radius 3 is 2.51 bits per heavy atom. The molecule has 2 aliphatic rings. The van der Waals surface area contributed by atoms with E-state index < -0.39 is 5.54 Å². The van der Waals surface area contributed by atoms with Crippen molar-refractivity contribution in [2.24, 2.45) is 0 Å². The van der Waals surface area contributed by atoms with Crippen molar-refractivity contribution >= 4 is 23.2 Å². The van der Waals surface area contributed by atoms with Gasteiger partial charge in [-0.3, -0.25) is 24.2 Å². The Hall–Kier alpha value is -4.19. The summed E-state index contributed by atoms with van der Waals surface area (Å²) in [6.45, 7) is 9.20. The molecule has 0 saturated carbocycles. The number of carbonyl (C=O) groups is 2. The van der Waals surface area contributed by atoms with Gasteiger partial charge in [0, 0.05) is 44.5 Å². The molecule has 1 saturated heterocycles. The van der Waals surface area contributed by atoms with Crippen molar-refractivity contribution in [1.29, 1.82) is 5.26 Å². The van der Waals surface area contributed by atoms with Gasteiger partial charge in [-0.05, 0) is 50.6 Å². The number of aromatic nitrogens is 3. The second-order valence-corrected chi connectivity index (χ2v) is 9.34. The van der Waals surface area contributed by atoms with E-state index in [9.17, 15) is 14.9 Å². The van der Waals surface area contributed by atoms with Gasteiger partial charge in [0.05, 0.1) is 52.7 Å². The summed E-state index contributed by atoms with van der Waals surface area (Å²) in [7, 11) is 0. The van der Waals surface area contributed by atoms with Gasteiger partial charge in [0.1, 0.15) is 0 Å². The Labute approximate surface area is 204 Å². The van der Waals surface area contributed by atoms with Crippen LogP contribution in [0.4, 0.5) is 11.4 Å². The van der Waals surface area contributed by atoms with Crippen LogP contribution in [0, 0.1) is 11.3 Å². The summed E-state index contributed by atoms with van der Waals surface area (Å²) in [5.74, 6) is -0.105. The lowest BCUT2D eigenvalue weighted by Crippen LogP contribution is -2.48. The van der Waals surface area contributed by atoms with Crippen LogP contribution in [-0.4, -0.2) is 57.7 Å². The van der Waals surface area contributed by atoms with E-state index in [1.807, 2.05) is 31.7 Å². The minimum Gasteiger partial charge on any atom is -0.367 e. The third-order valence-electron chi connectivity index (χ3n) is 6.90. The number of benzene rings is 1. The third kappa shape index (κ3) is 3.81. The first-order valence-corrected chi connectivity index (χ1v) is 11.7. The minimum absolute atomic E-state index is 0.00450. The number of amides is 2. The van der Waals surface area contributed by atoms with E-state index in [0.29, 0.717) is 48.6 Å². The molecule has 0 atom stereocenters. The molecule has 3 aromatic rings. The number of aryl methyl sites for hydroxylation is 1. The Bertz CT molecular complexity index is 1350. The number of carbonyl (C=O) groups excluding carboxylic acids is 2. The van der Waals surface area contributed by atoms with E-state index in [4.69, 9.17) is 0 Å². The highest BCUT2D eigenvalue weighted by molar-refractivity contribution is 6.12. The van der Waals surface area contributed by atoms with Crippen LogP contribution >= 0.6 is 0 Å². The molecule has 1 aromatic carbocycles. The van der Waals surface area contributed by atoms with Crippen LogP contribution in [0.15, 0.2) is 49.1 Å². The molecule has 0 bridgehead atoms. The molecule has 2 aromatic heterocycles. The number of anilines is 2. The zero-order chi connectivity index (χ0) is 24.7. The monoisotopic (exact) mass is 469 g/mol. The number of nitrogens with zero attached hydrogens (tertiary/aromatic N) is 7. The second-order valence-electron chi connectivity index (χ2n) is 9.34. The van der Waals surface area contributed by atoms with Gasteiger partial charge in [-0.2, -0.15) is 10.4 Å². The quantitative estimate of drug-likeness (QED) is 0.583. The summed E-state index contributed by atoms with van der Waals surface area (Å²) >= 11 is 0. The van der Waals surface area contributed by atoms with Crippen LogP contribution < -0.4 is 9.80 Å². The van der Waals surface area contributed by atoms with Crippen molar-refractivity contribution in [3.05, 3.63) is 71.3 Å². The zero-order valence-corrected chi connectivity index (χ0v) is 20.1. The highest BCUT2D eigenvalue weighted by Gasteiger charge is 2.44. The smallest absolute Gasteiger partial charge is 0.259 e. The van der Waals surface area contributed by atoms with Gasteiger partial charge < -0.3 is 9.80 Å². The van der Waals surface area contributed by atoms with E-state index in [1.165, 1.54) is 0 Å². The number of fused-ring (bicyclic) bond motifs is 1. The molecule has 4 heterocycles. The summed E-state index contributed by atoms with van der Waals surface area (Å²) in [4.78, 5) is 36.4. The molecule has 0 unspecified atom stereocenters. The maximum atomic E-state index is 13.3. The molecule has 5 rings (SSSR count). The number of hydrogen-bond acceptors (Lipinski definition) is 6. The van der Waals surface area contributed by atoms with E-state index in [0.717, 1.165) is 17.8 Å². The Morgan fingerprint density at radius 2 is 1.83 bits per heavy atom. The van der Waals surface area contributed by atoms with Crippen molar-refractivity contribution < 1.29 is 9.59 Å². The van der Waals surface area contributed by atoms with Crippen LogP contribution in [0.5, 0.6) is 0 Å². The molecule has 178 valence electrons. The first-order chi connectivity index (χ1) is 16.8. The molecule has 0 spiro atoms. The van der Waals surface area contributed by atoms with Gasteiger partial charge in [-0.15, -0.1) is 0 Å². The first kappa shape index (κ1) is 22.6.